The van der Waals surface area contributed by atoms with Crippen molar-refractivity contribution >= 4 is 17.0 Å². The Bertz CT molecular complexity index is 535. The zero-order valence-corrected chi connectivity index (χ0v) is 8.60. The zero-order chi connectivity index (χ0) is 11.8. The second-order valence-electron chi connectivity index (χ2n) is 3.69. The van der Waals surface area contributed by atoms with Crippen LogP contribution < -0.4 is 0 Å². The summed E-state index contributed by atoms with van der Waals surface area (Å²) in [5.41, 5.74) is 2.38. The van der Waals surface area contributed by atoms with Gasteiger partial charge in [-0.3, -0.25) is 0 Å². The molecule has 2 aromatic rings. The molecule has 1 N–H and O–H groups in total. The highest BCUT2D eigenvalue weighted by atomic mass is 19.4. The van der Waals surface area contributed by atoms with Crippen LogP contribution in [0.15, 0.2) is 30.3 Å². The summed E-state index contributed by atoms with van der Waals surface area (Å²) in [7, 11) is 0. The van der Waals surface area contributed by atoms with Gasteiger partial charge >= 0.3 is 6.18 Å². The maximum atomic E-state index is 12.0. The van der Waals surface area contributed by atoms with Crippen molar-refractivity contribution in [3.05, 3.63) is 41.6 Å². The summed E-state index contributed by atoms with van der Waals surface area (Å²) in [5.74, 6) is 0. The van der Waals surface area contributed by atoms with Crippen molar-refractivity contribution in [3.8, 4) is 0 Å². The van der Waals surface area contributed by atoms with E-state index in [1.807, 2.05) is 25.1 Å². The van der Waals surface area contributed by atoms with Crippen LogP contribution in [0.25, 0.3) is 17.0 Å². The third kappa shape index (κ3) is 2.45. The van der Waals surface area contributed by atoms with Gasteiger partial charge in [-0.25, -0.2) is 0 Å². The second kappa shape index (κ2) is 3.70. The molecule has 0 spiro atoms. The summed E-state index contributed by atoms with van der Waals surface area (Å²) in [5, 5.41) is 0.918. The Hall–Kier alpha value is -1.71. The van der Waals surface area contributed by atoms with E-state index < -0.39 is 6.18 Å². The lowest BCUT2D eigenvalue weighted by molar-refractivity contribution is -0.0790. The number of aromatic nitrogens is 1. The molecule has 0 aliphatic rings. The normalized spacial score (nSPS) is 12.8. The number of hydrogen-bond acceptors (Lipinski definition) is 0. The molecule has 1 heterocycles. The highest BCUT2D eigenvalue weighted by Gasteiger charge is 2.21. The van der Waals surface area contributed by atoms with Gasteiger partial charge in [0.1, 0.15) is 0 Å². The minimum atomic E-state index is -4.27. The number of nitrogens with one attached hydrogen (secondary N) is 1. The smallest absolute Gasteiger partial charge is 0.355 e. The molecule has 0 saturated heterocycles. The Morgan fingerprint density at radius 2 is 1.94 bits per heavy atom. The van der Waals surface area contributed by atoms with Gasteiger partial charge in [0.05, 0.1) is 0 Å². The number of benzene rings is 1. The Morgan fingerprint density at radius 3 is 2.62 bits per heavy atom. The van der Waals surface area contributed by atoms with E-state index in [1.54, 1.807) is 6.07 Å². The maximum Gasteiger partial charge on any atom is 0.409 e. The van der Waals surface area contributed by atoms with E-state index in [1.165, 1.54) is 0 Å². The van der Waals surface area contributed by atoms with Crippen LogP contribution in [-0.4, -0.2) is 11.2 Å². The summed E-state index contributed by atoms with van der Waals surface area (Å²) < 4.78 is 35.9. The van der Waals surface area contributed by atoms with Crippen molar-refractivity contribution in [2.75, 3.05) is 0 Å². The molecule has 0 unspecified atom stereocenters. The van der Waals surface area contributed by atoms with E-state index in [0.717, 1.165) is 22.5 Å². The first-order valence-corrected chi connectivity index (χ1v) is 4.79. The van der Waals surface area contributed by atoms with Crippen molar-refractivity contribution < 1.29 is 13.2 Å². The van der Waals surface area contributed by atoms with Crippen molar-refractivity contribution in [1.29, 1.82) is 0 Å². The van der Waals surface area contributed by atoms with E-state index in [9.17, 15) is 13.2 Å². The molecule has 1 aromatic heterocycles. The van der Waals surface area contributed by atoms with E-state index >= 15 is 0 Å². The Balaban J connectivity index is 2.37. The predicted molar refractivity (Wildman–Crippen MR) is 58.1 cm³/mol. The lowest BCUT2D eigenvalue weighted by atomic mass is 10.2. The Labute approximate surface area is 90.6 Å². The molecule has 4 heteroatoms. The van der Waals surface area contributed by atoms with Crippen molar-refractivity contribution in [2.45, 2.75) is 13.1 Å². The van der Waals surface area contributed by atoms with Crippen LogP contribution in [0.5, 0.6) is 0 Å². The standard InChI is InChI=1S/C12H10F3N/c1-8-2-3-11-9(6-8)7-10(16-11)4-5-12(13,14)15/h2-7,16H,1H3/b5-4+. The van der Waals surface area contributed by atoms with Gasteiger partial charge < -0.3 is 4.98 Å². The van der Waals surface area contributed by atoms with E-state index in [-0.39, 0.29) is 6.08 Å². The number of allylic oxidation sites excluding steroid dienone is 1. The average molecular weight is 225 g/mol. The number of aromatic amines is 1. The van der Waals surface area contributed by atoms with Crippen LogP contribution in [0.4, 0.5) is 13.2 Å². The molecule has 0 aliphatic carbocycles. The summed E-state index contributed by atoms with van der Waals surface area (Å²) in [6.45, 7) is 1.94. The lowest BCUT2D eigenvalue weighted by Gasteiger charge is -1.95. The number of aryl methyl sites for hydroxylation is 1. The molecule has 2 rings (SSSR count). The zero-order valence-electron chi connectivity index (χ0n) is 8.60. The number of alkyl halides is 3. The predicted octanol–water partition coefficient (Wildman–Crippen LogP) is 4.05. The number of H-pyrrole nitrogens is 1. The SMILES string of the molecule is Cc1ccc2[nH]c(/C=C/C(F)(F)F)cc2c1. The molecule has 16 heavy (non-hydrogen) atoms. The van der Waals surface area contributed by atoms with Gasteiger partial charge in [0.25, 0.3) is 0 Å². The van der Waals surface area contributed by atoms with Crippen molar-refractivity contribution in [1.82, 2.24) is 4.98 Å². The van der Waals surface area contributed by atoms with Crippen LogP contribution in [0.3, 0.4) is 0 Å². The first-order chi connectivity index (χ1) is 7.44. The van der Waals surface area contributed by atoms with Crippen LogP contribution in [-0.2, 0) is 0 Å². The summed E-state index contributed by atoms with van der Waals surface area (Å²) >= 11 is 0. The van der Waals surface area contributed by atoms with Crippen molar-refractivity contribution in [3.63, 3.8) is 0 Å². The molecule has 0 radical (unpaired) electrons. The number of halogens is 3. The quantitative estimate of drug-likeness (QED) is 0.753. The fraction of sp³-hybridized carbons (Fsp3) is 0.167. The number of hydrogen-bond donors (Lipinski definition) is 1. The molecule has 1 nitrogen and oxygen atoms in total. The number of fused-ring (bicyclic) bond motifs is 1. The highest BCUT2D eigenvalue weighted by molar-refractivity contribution is 5.83. The molecular formula is C12H10F3N. The van der Waals surface area contributed by atoms with Crippen LogP contribution in [0.1, 0.15) is 11.3 Å². The van der Waals surface area contributed by atoms with Gasteiger partial charge in [0, 0.05) is 22.7 Å². The van der Waals surface area contributed by atoms with E-state index in [4.69, 9.17) is 0 Å². The van der Waals surface area contributed by atoms with Gasteiger partial charge in [0.15, 0.2) is 0 Å². The second-order valence-corrected chi connectivity index (χ2v) is 3.69. The summed E-state index contributed by atoms with van der Waals surface area (Å²) in [6, 6.07) is 7.40. The molecule has 1 aromatic carbocycles. The lowest BCUT2D eigenvalue weighted by Crippen LogP contribution is -2.00. The molecule has 0 atom stereocenters. The molecule has 0 saturated carbocycles. The summed E-state index contributed by atoms with van der Waals surface area (Å²) in [6.07, 6.45) is -3.01. The molecule has 0 bridgehead atoms. The van der Waals surface area contributed by atoms with Crippen molar-refractivity contribution in [2.24, 2.45) is 0 Å². The van der Waals surface area contributed by atoms with Crippen LogP contribution >= 0.6 is 0 Å². The topological polar surface area (TPSA) is 15.8 Å². The monoisotopic (exact) mass is 225 g/mol. The first kappa shape index (κ1) is 10.8. The minimum absolute atomic E-state index is 0.227. The third-order valence-corrected chi connectivity index (χ3v) is 2.25. The highest BCUT2D eigenvalue weighted by Crippen LogP contribution is 2.21. The van der Waals surface area contributed by atoms with Gasteiger partial charge in [-0.15, -0.1) is 0 Å². The molecule has 0 amide bonds. The Morgan fingerprint density at radius 1 is 1.19 bits per heavy atom. The van der Waals surface area contributed by atoms with Gasteiger partial charge in [0.2, 0.25) is 0 Å². The molecule has 84 valence electrons. The first-order valence-electron chi connectivity index (χ1n) is 4.79. The van der Waals surface area contributed by atoms with E-state index in [2.05, 4.69) is 4.98 Å². The minimum Gasteiger partial charge on any atom is -0.355 e. The molecular weight excluding hydrogens is 215 g/mol. The van der Waals surface area contributed by atoms with E-state index in [0.29, 0.717) is 5.69 Å². The average Bonchev–Trinajstić information content (AvgIpc) is 2.55. The van der Waals surface area contributed by atoms with Gasteiger partial charge in [-0.1, -0.05) is 11.6 Å². The van der Waals surface area contributed by atoms with Gasteiger partial charge in [-0.05, 0) is 31.2 Å². The molecule has 0 fully saturated rings. The maximum absolute atomic E-state index is 12.0. The molecule has 0 aliphatic heterocycles. The fourth-order valence-electron chi connectivity index (χ4n) is 1.55. The van der Waals surface area contributed by atoms with Crippen LogP contribution in [0, 0.1) is 6.92 Å². The largest absolute Gasteiger partial charge is 0.409 e. The Kier molecular flexibility index (Phi) is 2.50. The summed E-state index contributed by atoms with van der Waals surface area (Å²) in [4.78, 5) is 2.91. The fourth-order valence-corrected chi connectivity index (χ4v) is 1.55. The van der Waals surface area contributed by atoms with Crippen LogP contribution in [0.2, 0.25) is 0 Å². The van der Waals surface area contributed by atoms with Gasteiger partial charge in [-0.2, -0.15) is 13.2 Å². The third-order valence-electron chi connectivity index (χ3n) is 2.25. The number of rotatable bonds is 1.